The number of benzene rings is 2. The second kappa shape index (κ2) is 6.80. The number of rotatable bonds is 3. The normalized spacial score (nSPS) is 11.2. The van der Waals surface area contributed by atoms with Crippen LogP contribution in [0.2, 0.25) is 15.1 Å². The Balaban J connectivity index is 1.96. The smallest absolute Gasteiger partial charge is 0.258 e. The van der Waals surface area contributed by atoms with Gasteiger partial charge in [-0.15, -0.1) is 0 Å². The van der Waals surface area contributed by atoms with Gasteiger partial charge in [0.15, 0.2) is 0 Å². The van der Waals surface area contributed by atoms with Crippen LogP contribution in [0.4, 0.5) is 0 Å². The summed E-state index contributed by atoms with van der Waals surface area (Å²) >= 11 is 18.3. The highest BCUT2D eigenvalue weighted by Crippen LogP contribution is 2.31. The Morgan fingerprint density at radius 1 is 1.00 bits per heavy atom. The minimum Gasteiger partial charge on any atom is -0.328 e. The average molecular weight is 405 g/mol. The van der Waals surface area contributed by atoms with Crippen molar-refractivity contribution in [2.75, 3.05) is 0 Å². The third kappa shape index (κ3) is 3.12. The lowest BCUT2D eigenvalue weighted by Gasteiger charge is -2.10. The first-order chi connectivity index (χ1) is 12.5. The van der Waals surface area contributed by atoms with Crippen molar-refractivity contribution in [3.05, 3.63) is 85.7 Å². The number of halogens is 3. The van der Waals surface area contributed by atoms with E-state index in [0.717, 1.165) is 11.1 Å². The highest BCUT2D eigenvalue weighted by molar-refractivity contribution is 6.42. The summed E-state index contributed by atoms with van der Waals surface area (Å²) < 4.78 is 1.95. The number of fused-ring (bicyclic) bond motifs is 1. The van der Waals surface area contributed by atoms with Crippen molar-refractivity contribution in [1.82, 2.24) is 14.5 Å². The summed E-state index contributed by atoms with van der Waals surface area (Å²) in [5.41, 5.74) is 2.76. The van der Waals surface area contributed by atoms with Crippen molar-refractivity contribution < 1.29 is 0 Å². The Hall–Kier alpha value is -2.27. The quantitative estimate of drug-likeness (QED) is 0.497. The third-order valence-corrected chi connectivity index (χ3v) is 5.08. The summed E-state index contributed by atoms with van der Waals surface area (Å²) in [6, 6.07) is 14.5. The van der Waals surface area contributed by atoms with Crippen LogP contribution in [-0.4, -0.2) is 14.5 Å². The molecule has 0 saturated heterocycles. The standard InChI is InChI=1S/C19H12Cl3N3O/c20-12-5-3-11(4-6-12)10-25-17-9-15(22)14(21)8-16(17)24-18(25)13-2-1-7-23-19(13)26/h1-9H,10H2,(H,23,26). The molecule has 2 heterocycles. The monoisotopic (exact) mass is 403 g/mol. The van der Waals surface area contributed by atoms with E-state index >= 15 is 0 Å². The molecule has 7 heteroatoms. The fourth-order valence-corrected chi connectivity index (χ4v) is 3.30. The molecular formula is C19H12Cl3N3O. The van der Waals surface area contributed by atoms with Crippen LogP contribution in [0.5, 0.6) is 0 Å². The van der Waals surface area contributed by atoms with E-state index in [1.165, 1.54) is 0 Å². The molecule has 2 aromatic heterocycles. The molecule has 0 aliphatic heterocycles. The topological polar surface area (TPSA) is 50.7 Å². The van der Waals surface area contributed by atoms with Crippen LogP contribution in [-0.2, 0) is 6.54 Å². The van der Waals surface area contributed by atoms with Crippen LogP contribution in [0.25, 0.3) is 22.4 Å². The SMILES string of the molecule is O=c1[nH]cccc1-c1nc2cc(Cl)c(Cl)cc2n1Cc1ccc(Cl)cc1. The molecule has 4 aromatic rings. The predicted octanol–water partition coefficient (Wildman–Crippen LogP) is 5.40. The molecule has 130 valence electrons. The summed E-state index contributed by atoms with van der Waals surface area (Å²) in [5.74, 6) is 0.551. The van der Waals surface area contributed by atoms with E-state index < -0.39 is 0 Å². The van der Waals surface area contributed by atoms with Gasteiger partial charge in [0.05, 0.1) is 26.6 Å². The molecule has 0 spiro atoms. The minimum atomic E-state index is -0.211. The second-order valence-corrected chi connectivity index (χ2v) is 7.07. The summed E-state index contributed by atoms with van der Waals surface area (Å²) in [6.45, 7) is 0.509. The Bertz CT molecular complexity index is 1160. The number of aromatic nitrogens is 3. The number of nitrogens with one attached hydrogen (secondary N) is 1. The molecule has 0 saturated carbocycles. The van der Waals surface area contributed by atoms with E-state index in [1.807, 2.05) is 28.8 Å². The number of H-pyrrole nitrogens is 1. The van der Waals surface area contributed by atoms with E-state index in [1.54, 1.807) is 30.5 Å². The number of aromatic amines is 1. The van der Waals surface area contributed by atoms with Gasteiger partial charge in [-0.3, -0.25) is 4.79 Å². The summed E-state index contributed by atoms with van der Waals surface area (Å²) in [7, 11) is 0. The zero-order valence-electron chi connectivity index (χ0n) is 13.3. The third-order valence-electron chi connectivity index (χ3n) is 4.10. The van der Waals surface area contributed by atoms with Gasteiger partial charge in [0.2, 0.25) is 0 Å². The van der Waals surface area contributed by atoms with Gasteiger partial charge in [-0.2, -0.15) is 0 Å². The maximum Gasteiger partial charge on any atom is 0.258 e. The maximum absolute atomic E-state index is 12.3. The molecule has 0 radical (unpaired) electrons. The Kier molecular flexibility index (Phi) is 4.49. The zero-order chi connectivity index (χ0) is 18.3. The van der Waals surface area contributed by atoms with Gasteiger partial charge in [0.25, 0.3) is 5.56 Å². The molecular weight excluding hydrogens is 393 g/mol. The fraction of sp³-hybridized carbons (Fsp3) is 0.0526. The molecule has 4 rings (SSSR count). The molecule has 0 unspecified atom stereocenters. The van der Waals surface area contributed by atoms with Crippen LogP contribution in [0.3, 0.4) is 0 Å². The van der Waals surface area contributed by atoms with Gasteiger partial charge in [-0.25, -0.2) is 4.98 Å². The molecule has 0 atom stereocenters. The molecule has 2 aromatic carbocycles. The van der Waals surface area contributed by atoms with Crippen LogP contribution < -0.4 is 5.56 Å². The van der Waals surface area contributed by atoms with Crippen molar-refractivity contribution in [2.45, 2.75) is 6.54 Å². The van der Waals surface area contributed by atoms with E-state index in [2.05, 4.69) is 9.97 Å². The lowest BCUT2D eigenvalue weighted by molar-refractivity contribution is 0.832. The zero-order valence-corrected chi connectivity index (χ0v) is 15.6. The summed E-state index contributed by atoms with van der Waals surface area (Å²) in [5, 5.41) is 1.52. The summed E-state index contributed by atoms with van der Waals surface area (Å²) in [6.07, 6.45) is 1.59. The van der Waals surface area contributed by atoms with E-state index in [4.69, 9.17) is 34.8 Å². The number of imidazole rings is 1. The first-order valence-electron chi connectivity index (χ1n) is 7.81. The van der Waals surface area contributed by atoms with Crippen LogP contribution in [0, 0.1) is 0 Å². The van der Waals surface area contributed by atoms with Gasteiger partial charge < -0.3 is 9.55 Å². The van der Waals surface area contributed by atoms with E-state index in [0.29, 0.717) is 38.5 Å². The number of hydrogen-bond acceptors (Lipinski definition) is 2. The van der Waals surface area contributed by atoms with Crippen molar-refractivity contribution in [3.8, 4) is 11.4 Å². The Morgan fingerprint density at radius 2 is 1.73 bits per heavy atom. The lowest BCUT2D eigenvalue weighted by Crippen LogP contribution is -2.11. The largest absolute Gasteiger partial charge is 0.328 e. The van der Waals surface area contributed by atoms with Gasteiger partial charge >= 0.3 is 0 Å². The summed E-state index contributed by atoms with van der Waals surface area (Å²) in [4.78, 5) is 19.6. The second-order valence-electron chi connectivity index (χ2n) is 5.82. The van der Waals surface area contributed by atoms with Crippen molar-refractivity contribution in [2.24, 2.45) is 0 Å². The van der Waals surface area contributed by atoms with E-state index in [9.17, 15) is 4.79 Å². The van der Waals surface area contributed by atoms with Gasteiger partial charge in [0.1, 0.15) is 5.82 Å². The minimum absolute atomic E-state index is 0.211. The lowest BCUT2D eigenvalue weighted by atomic mass is 10.2. The van der Waals surface area contributed by atoms with Crippen LogP contribution in [0.15, 0.2) is 59.5 Å². The molecule has 0 aliphatic carbocycles. The molecule has 1 N–H and O–H groups in total. The van der Waals surface area contributed by atoms with Crippen LogP contribution >= 0.6 is 34.8 Å². The molecule has 0 bridgehead atoms. The molecule has 4 nitrogen and oxygen atoms in total. The first kappa shape index (κ1) is 17.2. The molecule has 26 heavy (non-hydrogen) atoms. The molecule has 0 aliphatic rings. The van der Waals surface area contributed by atoms with Crippen molar-refractivity contribution in [3.63, 3.8) is 0 Å². The highest BCUT2D eigenvalue weighted by Gasteiger charge is 2.17. The van der Waals surface area contributed by atoms with Gasteiger partial charge in [-0.1, -0.05) is 46.9 Å². The average Bonchev–Trinajstić information content (AvgIpc) is 2.95. The number of hydrogen-bond donors (Lipinski definition) is 1. The maximum atomic E-state index is 12.3. The Labute approximate surface area is 164 Å². The highest BCUT2D eigenvalue weighted by atomic mass is 35.5. The predicted molar refractivity (Wildman–Crippen MR) is 106 cm³/mol. The fourth-order valence-electron chi connectivity index (χ4n) is 2.86. The number of pyridine rings is 1. The first-order valence-corrected chi connectivity index (χ1v) is 8.94. The molecule has 0 amide bonds. The van der Waals surface area contributed by atoms with Crippen molar-refractivity contribution in [1.29, 1.82) is 0 Å². The van der Waals surface area contributed by atoms with Crippen molar-refractivity contribution >= 4 is 45.8 Å². The van der Waals surface area contributed by atoms with Gasteiger partial charge in [0, 0.05) is 17.8 Å². The number of nitrogens with zero attached hydrogens (tertiary/aromatic N) is 2. The Morgan fingerprint density at radius 3 is 2.46 bits per heavy atom. The van der Waals surface area contributed by atoms with Crippen LogP contribution in [0.1, 0.15) is 5.56 Å². The van der Waals surface area contributed by atoms with E-state index in [-0.39, 0.29) is 5.56 Å². The van der Waals surface area contributed by atoms with Gasteiger partial charge in [-0.05, 0) is 42.0 Å². The molecule has 0 fully saturated rings.